The number of anilines is 1. The first-order chi connectivity index (χ1) is 8.75. The van der Waals surface area contributed by atoms with E-state index in [0.29, 0.717) is 10.7 Å². The number of nitrogen functional groups attached to an aromatic ring is 1. The predicted octanol–water partition coefficient (Wildman–Crippen LogP) is 4.08. The summed E-state index contributed by atoms with van der Waals surface area (Å²) in [7, 11) is 0. The lowest BCUT2D eigenvalue weighted by molar-refractivity contribution is 1.13. The molecule has 0 unspecified atom stereocenters. The van der Waals surface area contributed by atoms with Crippen LogP contribution in [-0.2, 0) is 0 Å². The van der Waals surface area contributed by atoms with Gasteiger partial charge in [-0.05, 0) is 24.3 Å². The second-order valence-electron chi connectivity index (χ2n) is 3.57. The standard InChI is InChI=1S/C12H8ClN3S2/c13-7-2-1-5-15-12(7)18-8-3-4-9-11(10(8)14)16-6-17-9/h1-6H,14H2. The topological polar surface area (TPSA) is 51.8 Å². The van der Waals surface area contributed by atoms with Gasteiger partial charge < -0.3 is 5.73 Å². The number of hydrogen-bond acceptors (Lipinski definition) is 5. The molecule has 0 saturated carbocycles. The minimum atomic E-state index is 0.625. The number of hydrogen-bond donors (Lipinski definition) is 1. The van der Waals surface area contributed by atoms with Gasteiger partial charge in [0.15, 0.2) is 0 Å². The van der Waals surface area contributed by atoms with Crippen LogP contribution in [-0.4, -0.2) is 9.97 Å². The smallest absolute Gasteiger partial charge is 0.119 e. The normalized spacial score (nSPS) is 10.9. The molecule has 3 rings (SSSR count). The lowest BCUT2D eigenvalue weighted by atomic mass is 10.3. The number of nitrogens with two attached hydrogens (primary N) is 1. The van der Waals surface area contributed by atoms with E-state index in [-0.39, 0.29) is 0 Å². The van der Waals surface area contributed by atoms with Crippen LogP contribution in [0.4, 0.5) is 5.69 Å². The van der Waals surface area contributed by atoms with Gasteiger partial charge in [0, 0.05) is 11.1 Å². The number of benzene rings is 1. The van der Waals surface area contributed by atoms with Crippen LogP contribution in [0, 0.1) is 0 Å². The third-order valence-corrected chi connectivity index (χ3v) is 4.74. The fourth-order valence-corrected chi connectivity index (χ4v) is 3.33. The highest BCUT2D eigenvalue weighted by Gasteiger charge is 2.10. The third kappa shape index (κ3) is 2.05. The highest BCUT2D eigenvalue weighted by Crippen LogP contribution is 2.38. The molecule has 1 aromatic carbocycles. The van der Waals surface area contributed by atoms with Crippen molar-refractivity contribution in [2.75, 3.05) is 5.73 Å². The summed E-state index contributed by atoms with van der Waals surface area (Å²) in [6.45, 7) is 0. The van der Waals surface area contributed by atoms with Crippen LogP contribution in [0.1, 0.15) is 0 Å². The lowest BCUT2D eigenvalue weighted by Crippen LogP contribution is -1.91. The van der Waals surface area contributed by atoms with E-state index >= 15 is 0 Å². The Balaban J connectivity index is 2.05. The molecule has 0 fully saturated rings. The molecule has 0 radical (unpaired) electrons. The second-order valence-corrected chi connectivity index (χ2v) is 5.89. The zero-order valence-electron chi connectivity index (χ0n) is 9.13. The predicted molar refractivity (Wildman–Crippen MR) is 77.4 cm³/mol. The van der Waals surface area contributed by atoms with Crippen molar-refractivity contribution in [1.82, 2.24) is 9.97 Å². The van der Waals surface area contributed by atoms with Crippen LogP contribution in [0.2, 0.25) is 5.02 Å². The van der Waals surface area contributed by atoms with Gasteiger partial charge in [-0.1, -0.05) is 23.4 Å². The van der Waals surface area contributed by atoms with Crippen LogP contribution in [0.25, 0.3) is 10.2 Å². The zero-order chi connectivity index (χ0) is 12.5. The van der Waals surface area contributed by atoms with Crippen molar-refractivity contribution >= 4 is 50.6 Å². The zero-order valence-corrected chi connectivity index (χ0v) is 11.5. The van der Waals surface area contributed by atoms with Gasteiger partial charge in [0.1, 0.15) is 10.5 Å². The molecule has 90 valence electrons. The molecule has 0 aliphatic carbocycles. The molecule has 0 saturated heterocycles. The molecule has 6 heteroatoms. The van der Waals surface area contributed by atoms with Crippen molar-refractivity contribution in [1.29, 1.82) is 0 Å². The molecule has 3 nitrogen and oxygen atoms in total. The van der Waals surface area contributed by atoms with Gasteiger partial charge in [-0.15, -0.1) is 11.3 Å². The van der Waals surface area contributed by atoms with Crippen molar-refractivity contribution in [3.63, 3.8) is 0 Å². The van der Waals surface area contributed by atoms with Crippen molar-refractivity contribution in [3.8, 4) is 0 Å². The number of rotatable bonds is 2. The lowest BCUT2D eigenvalue weighted by Gasteiger charge is -2.06. The Labute approximate surface area is 117 Å². The summed E-state index contributed by atoms with van der Waals surface area (Å²) in [4.78, 5) is 9.43. The minimum Gasteiger partial charge on any atom is -0.396 e. The molecule has 2 heterocycles. The third-order valence-electron chi connectivity index (χ3n) is 2.43. The van der Waals surface area contributed by atoms with Gasteiger partial charge in [-0.2, -0.15) is 0 Å². The molecule has 0 amide bonds. The van der Waals surface area contributed by atoms with Gasteiger partial charge >= 0.3 is 0 Å². The van der Waals surface area contributed by atoms with E-state index in [0.717, 1.165) is 20.1 Å². The molecular formula is C12H8ClN3S2. The summed E-state index contributed by atoms with van der Waals surface area (Å²) >= 11 is 9.12. The first kappa shape index (κ1) is 11.8. The maximum atomic E-state index is 6.11. The Kier molecular flexibility index (Phi) is 3.11. The monoisotopic (exact) mass is 293 g/mol. The van der Waals surface area contributed by atoms with Gasteiger partial charge in [0.25, 0.3) is 0 Å². The fourth-order valence-electron chi connectivity index (χ4n) is 1.57. The number of aromatic nitrogens is 2. The van der Waals surface area contributed by atoms with Gasteiger partial charge in [0.05, 0.1) is 20.9 Å². The maximum Gasteiger partial charge on any atom is 0.119 e. The van der Waals surface area contributed by atoms with Gasteiger partial charge in [0.2, 0.25) is 0 Å². The van der Waals surface area contributed by atoms with Crippen molar-refractivity contribution in [2.24, 2.45) is 0 Å². The minimum absolute atomic E-state index is 0.625. The van der Waals surface area contributed by atoms with E-state index < -0.39 is 0 Å². The summed E-state index contributed by atoms with van der Waals surface area (Å²) < 4.78 is 1.09. The van der Waals surface area contributed by atoms with Crippen LogP contribution in [0.15, 0.2) is 45.9 Å². The SMILES string of the molecule is Nc1c(Sc2ncccc2Cl)ccc2scnc12. The number of pyridine rings is 1. The Morgan fingerprint density at radius 3 is 2.94 bits per heavy atom. The highest BCUT2D eigenvalue weighted by atomic mass is 35.5. The van der Waals surface area contributed by atoms with Crippen LogP contribution in [0.5, 0.6) is 0 Å². The molecule has 2 aromatic heterocycles. The number of nitrogens with zero attached hydrogens (tertiary/aromatic N) is 2. The second kappa shape index (κ2) is 4.76. The highest BCUT2D eigenvalue weighted by molar-refractivity contribution is 7.99. The van der Waals surface area contributed by atoms with Crippen LogP contribution in [0.3, 0.4) is 0 Å². The Hall–Kier alpha value is -1.30. The molecule has 0 aliphatic heterocycles. The van der Waals surface area contributed by atoms with Crippen LogP contribution >= 0.6 is 34.7 Å². The first-order valence-corrected chi connectivity index (χ1v) is 7.23. The van der Waals surface area contributed by atoms with Gasteiger partial charge in [-0.3, -0.25) is 0 Å². The molecule has 0 aliphatic rings. The number of thiazole rings is 1. The van der Waals surface area contributed by atoms with E-state index in [1.807, 2.05) is 18.2 Å². The number of fused-ring (bicyclic) bond motifs is 1. The fraction of sp³-hybridized carbons (Fsp3) is 0. The molecule has 0 atom stereocenters. The summed E-state index contributed by atoms with van der Waals surface area (Å²) in [6.07, 6.45) is 1.71. The Morgan fingerprint density at radius 2 is 2.11 bits per heavy atom. The maximum absolute atomic E-state index is 6.11. The largest absolute Gasteiger partial charge is 0.396 e. The Morgan fingerprint density at radius 1 is 1.22 bits per heavy atom. The quantitative estimate of drug-likeness (QED) is 0.723. The molecule has 0 bridgehead atoms. The van der Waals surface area contributed by atoms with E-state index in [2.05, 4.69) is 9.97 Å². The average Bonchev–Trinajstić information content (AvgIpc) is 2.84. The summed E-state index contributed by atoms with van der Waals surface area (Å²) in [5.41, 5.74) is 9.43. The molecule has 2 N–H and O–H groups in total. The summed E-state index contributed by atoms with van der Waals surface area (Å²) in [5, 5.41) is 1.38. The van der Waals surface area contributed by atoms with E-state index in [4.69, 9.17) is 17.3 Å². The summed E-state index contributed by atoms with van der Waals surface area (Å²) in [5.74, 6) is 0. The number of halogens is 1. The van der Waals surface area contributed by atoms with E-state index in [1.54, 1.807) is 29.1 Å². The van der Waals surface area contributed by atoms with Crippen molar-refractivity contribution < 1.29 is 0 Å². The van der Waals surface area contributed by atoms with E-state index in [9.17, 15) is 0 Å². The first-order valence-electron chi connectivity index (χ1n) is 5.16. The van der Waals surface area contributed by atoms with Gasteiger partial charge in [-0.25, -0.2) is 9.97 Å². The van der Waals surface area contributed by atoms with Crippen LogP contribution < -0.4 is 5.73 Å². The van der Waals surface area contributed by atoms with Crippen molar-refractivity contribution in [3.05, 3.63) is 41.0 Å². The van der Waals surface area contributed by atoms with Crippen molar-refractivity contribution in [2.45, 2.75) is 9.92 Å². The summed E-state index contributed by atoms with van der Waals surface area (Å²) in [6, 6.07) is 7.61. The average molecular weight is 294 g/mol. The Bertz CT molecular complexity index is 711. The molecule has 3 aromatic rings. The van der Waals surface area contributed by atoms with E-state index in [1.165, 1.54) is 11.8 Å². The molecule has 18 heavy (non-hydrogen) atoms. The molecular weight excluding hydrogens is 286 g/mol. The molecule has 0 spiro atoms.